The van der Waals surface area contributed by atoms with Crippen LogP contribution in [0, 0.1) is 13.8 Å². The average Bonchev–Trinajstić information content (AvgIpc) is 3.22. The summed E-state index contributed by atoms with van der Waals surface area (Å²) in [6.45, 7) is 10.2. The Morgan fingerprint density at radius 2 is 1.91 bits per heavy atom. The standard InChI is InChI=1S/C27H31N5O2/c1-6-7-19-10-18(5)31-27(34)23(19)14-29-26(33)22-11-21(20-9-8-17(4)28-13-20)12-25-24(22)15-30-32(25)16(2)3/h8-13,15-16H,6-7,14H2,1-5H3,(H,29,33)(H,31,34). The predicted octanol–water partition coefficient (Wildman–Crippen LogP) is 4.87. The number of aromatic amines is 1. The van der Waals surface area contributed by atoms with E-state index in [1.165, 1.54) is 0 Å². The molecule has 0 unspecified atom stereocenters. The molecular weight excluding hydrogens is 426 g/mol. The van der Waals surface area contributed by atoms with Gasteiger partial charge in [0.05, 0.1) is 17.3 Å². The second kappa shape index (κ2) is 9.63. The number of hydrogen-bond donors (Lipinski definition) is 2. The van der Waals surface area contributed by atoms with Gasteiger partial charge in [0.1, 0.15) is 0 Å². The topological polar surface area (TPSA) is 92.7 Å². The quantitative estimate of drug-likeness (QED) is 0.414. The highest BCUT2D eigenvalue weighted by Gasteiger charge is 2.18. The van der Waals surface area contributed by atoms with E-state index in [1.807, 2.05) is 49.0 Å². The Morgan fingerprint density at radius 3 is 2.59 bits per heavy atom. The smallest absolute Gasteiger partial charge is 0.253 e. The summed E-state index contributed by atoms with van der Waals surface area (Å²) in [4.78, 5) is 33.3. The molecule has 0 aliphatic carbocycles. The van der Waals surface area contributed by atoms with Crippen LogP contribution in [0.25, 0.3) is 22.0 Å². The Kier molecular flexibility index (Phi) is 6.63. The van der Waals surface area contributed by atoms with E-state index in [4.69, 9.17) is 0 Å². The minimum Gasteiger partial charge on any atom is -0.348 e. The lowest BCUT2D eigenvalue weighted by Crippen LogP contribution is -2.28. The Labute approximate surface area is 199 Å². The maximum absolute atomic E-state index is 13.4. The highest BCUT2D eigenvalue weighted by atomic mass is 16.1. The summed E-state index contributed by atoms with van der Waals surface area (Å²) in [5.41, 5.74) is 6.42. The second-order valence-corrected chi connectivity index (χ2v) is 9.05. The van der Waals surface area contributed by atoms with Gasteiger partial charge in [0.25, 0.3) is 11.5 Å². The van der Waals surface area contributed by atoms with Gasteiger partial charge in [-0.05, 0) is 69.5 Å². The van der Waals surface area contributed by atoms with Gasteiger partial charge >= 0.3 is 0 Å². The monoisotopic (exact) mass is 457 g/mol. The minimum absolute atomic E-state index is 0.141. The summed E-state index contributed by atoms with van der Waals surface area (Å²) < 4.78 is 1.92. The molecule has 3 heterocycles. The molecular formula is C27H31N5O2. The van der Waals surface area contributed by atoms with Crippen LogP contribution in [0.15, 0.2) is 47.5 Å². The van der Waals surface area contributed by atoms with Gasteiger partial charge in [-0.2, -0.15) is 5.10 Å². The minimum atomic E-state index is -0.238. The van der Waals surface area contributed by atoms with E-state index >= 15 is 0 Å². The molecule has 4 rings (SSSR count). The molecule has 34 heavy (non-hydrogen) atoms. The SMILES string of the molecule is CCCc1cc(C)[nH]c(=O)c1CNC(=O)c1cc(-c2ccc(C)nc2)cc2c1cnn2C(C)C. The van der Waals surface area contributed by atoms with Crippen LogP contribution in [-0.4, -0.2) is 25.7 Å². The van der Waals surface area contributed by atoms with Crippen molar-refractivity contribution in [3.8, 4) is 11.1 Å². The largest absolute Gasteiger partial charge is 0.348 e. The molecule has 7 nitrogen and oxygen atoms in total. The summed E-state index contributed by atoms with van der Waals surface area (Å²) >= 11 is 0. The lowest BCUT2D eigenvalue weighted by atomic mass is 10.00. The number of H-pyrrole nitrogens is 1. The number of aromatic nitrogens is 4. The third kappa shape index (κ3) is 4.64. The van der Waals surface area contributed by atoms with Crippen molar-refractivity contribution in [1.29, 1.82) is 0 Å². The van der Waals surface area contributed by atoms with Gasteiger partial charge in [-0.15, -0.1) is 0 Å². The third-order valence-corrected chi connectivity index (χ3v) is 6.00. The first kappa shape index (κ1) is 23.4. The van der Waals surface area contributed by atoms with Crippen LogP contribution >= 0.6 is 0 Å². The van der Waals surface area contributed by atoms with E-state index in [0.717, 1.165) is 51.8 Å². The summed E-state index contributed by atoms with van der Waals surface area (Å²) in [6, 6.07) is 10.0. The molecule has 176 valence electrons. The van der Waals surface area contributed by atoms with Gasteiger partial charge in [0.2, 0.25) is 0 Å². The Balaban J connectivity index is 1.74. The molecule has 2 N–H and O–H groups in total. The third-order valence-electron chi connectivity index (χ3n) is 6.00. The van der Waals surface area contributed by atoms with Crippen molar-refractivity contribution in [2.24, 2.45) is 0 Å². The van der Waals surface area contributed by atoms with Crippen molar-refractivity contribution in [2.45, 2.75) is 60.0 Å². The van der Waals surface area contributed by atoms with Gasteiger partial charge in [-0.25, -0.2) is 0 Å². The highest BCUT2D eigenvalue weighted by Crippen LogP contribution is 2.29. The summed E-state index contributed by atoms with van der Waals surface area (Å²) in [6.07, 6.45) is 5.27. The molecule has 7 heteroatoms. The number of amides is 1. The number of aryl methyl sites for hydroxylation is 3. The van der Waals surface area contributed by atoms with E-state index in [0.29, 0.717) is 11.1 Å². The van der Waals surface area contributed by atoms with E-state index < -0.39 is 0 Å². The number of pyridine rings is 2. The fourth-order valence-electron chi connectivity index (χ4n) is 4.28. The van der Waals surface area contributed by atoms with Gasteiger partial charge in [-0.1, -0.05) is 19.4 Å². The zero-order valence-corrected chi connectivity index (χ0v) is 20.4. The van der Waals surface area contributed by atoms with Crippen molar-refractivity contribution in [3.05, 3.63) is 81.2 Å². The van der Waals surface area contributed by atoms with E-state index in [2.05, 4.69) is 47.2 Å². The first-order valence-electron chi connectivity index (χ1n) is 11.7. The number of rotatable bonds is 7. The molecule has 0 saturated heterocycles. The normalized spacial score (nSPS) is 11.4. The lowest BCUT2D eigenvalue weighted by molar-refractivity contribution is 0.0952. The fraction of sp³-hybridized carbons (Fsp3) is 0.333. The predicted molar refractivity (Wildman–Crippen MR) is 135 cm³/mol. The first-order valence-corrected chi connectivity index (χ1v) is 11.7. The molecule has 0 atom stereocenters. The molecule has 0 bridgehead atoms. The number of nitrogens with one attached hydrogen (secondary N) is 2. The molecule has 4 aromatic rings. The number of nitrogens with zero attached hydrogens (tertiary/aromatic N) is 3. The lowest BCUT2D eigenvalue weighted by Gasteiger charge is -2.13. The van der Waals surface area contributed by atoms with E-state index in [1.54, 1.807) is 6.20 Å². The number of benzene rings is 1. The summed E-state index contributed by atoms with van der Waals surface area (Å²) in [5.74, 6) is -0.238. The fourth-order valence-corrected chi connectivity index (χ4v) is 4.28. The molecule has 0 aliphatic rings. The average molecular weight is 458 g/mol. The number of fused-ring (bicyclic) bond motifs is 1. The second-order valence-electron chi connectivity index (χ2n) is 9.05. The number of hydrogen-bond acceptors (Lipinski definition) is 4. The van der Waals surface area contributed by atoms with Crippen molar-refractivity contribution < 1.29 is 4.79 Å². The highest BCUT2D eigenvalue weighted by molar-refractivity contribution is 6.08. The molecule has 0 saturated carbocycles. The maximum Gasteiger partial charge on any atom is 0.253 e. The molecule has 3 aromatic heterocycles. The molecule has 0 fully saturated rings. The molecule has 0 spiro atoms. The van der Waals surface area contributed by atoms with E-state index in [9.17, 15) is 9.59 Å². The van der Waals surface area contributed by atoms with E-state index in [-0.39, 0.29) is 24.1 Å². The van der Waals surface area contributed by atoms with Gasteiger partial charge in [-0.3, -0.25) is 19.3 Å². The summed E-state index contributed by atoms with van der Waals surface area (Å²) in [5, 5.41) is 8.29. The van der Waals surface area contributed by atoms with Gasteiger partial charge < -0.3 is 10.3 Å². The van der Waals surface area contributed by atoms with Gasteiger partial charge in [0, 0.05) is 46.7 Å². The van der Waals surface area contributed by atoms with Crippen molar-refractivity contribution in [3.63, 3.8) is 0 Å². The van der Waals surface area contributed by atoms with Crippen molar-refractivity contribution in [2.75, 3.05) is 0 Å². The zero-order chi connectivity index (χ0) is 24.4. The summed E-state index contributed by atoms with van der Waals surface area (Å²) in [7, 11) is 0. The Morgan fingerprint density at radius 1 is 1.12 bits per heavy atom. The van der Waals surface area contributed by atoms with Crippen LogP contribution < -0.4 is 10.9 Å². The Bertz CT molecular complexity index is 1400. The van der Waals surface area contributed by atoms with Crippen LogP contribution in [0.5, 0.6) is 0 Å². The van der Waals surface area contributed by atoms with Crippen LogP contribution in [0.1, 0.15) is 66.1 Å². The van der Waals surface area contributed by atoms with Crippen LogP contribution in [0.4, 0.5) is 0 Å². The molecule has 0 aliphatic heterocycles. The Hall–Kier alpha value is -3.74. The first-order chi connectivity index (χ1) is 16.3. The molecule has 1 amide bonds. The molecule has 1 aromatic carbocycles. The van der Waals surface area contributed by atoms with Crippen LogP contribution in [0.3, 0.4) is 0 Å². The maximum atomic E-state index is 13.4. The zero-order valence-electron chi connectivity index (χ0n) is 20.4. The van der Waals surface area contributed by atoms with Crippen LogP contribution in [0.2, 0.25) is 0 Å². The molecule has 0 radical (unpaired) electrons. The van der Waals surface area contributed by atoms with Crippen LogP contribution in [-0.2, 0) is 13.0 Å². The van der Waals surface area contributed by atoms with Crippen molar-refractivity contribution in [1.82, 2.24) is 25.1 Å². The van der Waals surface area contributed by atoms with Crippen molar-refractivity contribution >= 4 is 16.8 Å². The van der Waals surface area contributed by atoms with Gasteiger partial charge in [0.15, 0.2) is 0 Å². The number of carbonyl (C=O) groups excluding carboxylic acids is 1. The number of carbonyl (C=O) groups is 1.